The van der Waals surface area contributed by atoms with Crippen molar-refractivity contribution in [2.75, 3.05) is 17.7 Å². The van der Waals surface area contributed by atoms with Gasteiger partial charge in [-0.2, -0.15) is 0 Å². The summed E-state index contributed by atoms with van der Waals surface area (Å²) in [7, 11) is 1.56. The number of rotatable bonds is 9. The molecule has 0 fully saturated rings. The third-order valence-electron chi connectivity index (χ3n) is 4.87. The quantitative estimate of drug-likeness (QED) is 0.319. The molecule has 2 amide bonds. The molecule has 0 saturated heterocycles. The molecule has 35 heavy (non-hydrogen) atoms. The Hall–Kier alpha value is -4.31. The number of amides is 2. The van der Waals surface area contributed by atoms with Gasteiger partial charge in [0, 0.05) is 16.3 Å². The van der Waals surface area contributed by atoms with Crippen molar-refractivity contribution in [3.05, 3.63) is 83.4 Å². The zero-order valence-electron chi connectivity index (χ0n) is 18.8. The average Bonchev–Trinajstić information content (AvgIpc) is 2.84. The SMILES string of the molecule is COc1ccc(NC(=O)C(C)Sc2cccc(NC(=O)c3ccc(C(=O)O)cc3C(=O)O)c2)cc1. The summed E-state index contributed by atoms with van der Waals surface area (Å²) in [6.07, 6.45) is 0. The Labute approximate surface area is 205 Å². The molecule has 3 rings (SSSR count). The molecule has 3 aromatic carbocycles. The normalized spacial score (nSPS) is 11.3. The third-order valence-corrected chi connectivity index (χ3v) is 5.97. The van der Waals surface area contributed by atoms with Crippen molar-refractivity contribution < 1.29 is 34.1 Å². The van der Waals surface area contributed by atoms with E-state index >= 15 is 0 Å². The van der Waals surface area contributed by atoms with Gasteiger partial charge in [-0.15, -0.1) is 11.8 Å². The van der Waals surface area contributed by atoms with Crippen LogP contribution in [-0.4, -0.2) is 46.3 Å². The van der Waals surface area contributed by atoms with Crippen molar-refractivity contribution in [2.45, 2.75) is 17.1 Å². The second-order valence-corrected chi connectivity index (χ2v) is 8.74. The van der Waals surface area contributed by atoms with E-state index in [2.05, 4.69) is 10.6 Å². The fraction of sp³-hybridized carbons (Fsp3) is 0.120. The molecule has 4 N–H and O–H groups in total. The first-order valence-corrected chi connectivity index (χ1v) is 11.2. The minimum atomic E-state index is -1.42. The number of nitrogens with one attached hydrogen (secondary N) is 2. The zero-order chi connectivity index (χ0) is 25.5. The first-order valence-electron chi connectivity index (χ1n) is 10.3. The summed E-state index contributed by atoms with van der Waals surface area (Å²) < 4.78 is 5.10. The molecule has 0 aliphatic heterocycles. The molecule has 9 nitrogen and oxygen atoms in total. The third kappa shape index (κ3) is 6.61. The summed E-state index contributed by atoms with van der Waals surface area (Å²) >= 11 is 1.28. The number of hydrogen-bond donors (Lipinski definition) is 4. The van der Waals surface area contributed by atoms with Gasteiger partial charge in [0.15, 0.2) is 0 Å². The number of thioether (sulfide) groups is 1. The molecule has 1 atom stereocenters. The molecular formula is C25H22N2O7S. The first kappa shape index (κ1) is 25.3. The fourth-order valence-electron chi connectivity index (χ4n) is 3.07. The Bertz CT molecular complexity index is 1280. The average molecular weight is 495 g/mol. The molecule has 0 bridgehead atoms. The van der Waals surface area contributed by atoms with E-state index in [1.807, 2.05) is 0 Å². The lowest BCUT2D eigenvalue weighted by Gasteiger charge is -2.14. The molecule has 0 radical (unpaired) electrons. The summed E-state index contributed by atoms with van der Waals surface area (Å²) in [5.74, 6) is -2.95. The number of benzene rings is 3. The smallest absolute Gasteiger partial charge is 0.336 e. The number of methoxy groups -OCH3 is 1. The van der Waals surface area contributed by atoms with Crippen LogP contribution in [0.1, 0.15) is 38.0 Å². The van der Waals surface area contributed by atoms with Gasteiger partial charge in [-0.05, 0) is 67.6 Å². The fourth-order valence-corrected chi connectivity index (χ4v) is 4.00. The van der Waals surface area contributed by atoms with Crippen LogP contribution in [0.25, 0.3) is 0 Å². The molecular weight excluding hydrogens is 472 g/mol. The van der Waals surface area contributed by atoms with Gasteiger partial charge in [0.25, 0.3) is 5.91 Å². The minimum absolute atomic E-state index is 0.173. The Morgan fingerprint density at radius 1 is 0.829 bits per heavy atom. The van der Waals surface area contributed by atoms with E-state index in [-0.39, 0.29) is 17.0 Å². The lowest BCUT2D eigenvalue weighted by atomic mass is 10.0. The van der Waals surface area contributed by atoms with Crippen molar-refractivity contribution in [1.29, 1.82) is 0 Å². The van der Waals surface area contributed by atoms with E-state index in [1.54, 1.807) is 62.6 Å². The Kier molecular flexibility index (Phi) is 8.11. The highest BCUT2D eigenvalue weighted by atomic mass is 32.2. The molecule has 3 aromatic rings. The summed E-state index contributed by atoms with van der Waals surface area (Å²) in [6.45, 7) is 1.75. The molecule has 0 saturated carbocycles. The predicted molar refractivity (Wildman–Crippen MR) is 132 cm³/mol. The van der Waals surface area contributed by atoms with Crippen molar-refractivity contribution in [2.24, 2.45) is 0 Å². The number of carboxylic acid groups (broad SMARTS) is 2. The molecule has 180 valence electrons. The summed E-state index contributed by atoms with van der Waals surface area (Å²) in [5.41, 5.74) is 0.192. The van der Waals surface area contributed by atoms with Crippen LogP contribution in [0.5, 0.6) is 5.75 Å². The molecule has 0 spiro atoms. The number of hydrogen-bond acceptors (Lipinski definition) is 6. The van der Waals surface area contributed by atoms with Crippen LogP contribution in [0.15, 0.2) is 71.6 Å². The van der Waals surface area contributed by atoms with Crippen LogP contribution in [0.3, 0.4) is 0 Å². The van der Waals surface area contributed by atoms with E-state index < -0.39 is 28.7 Å². The van der Waals surface area contributed by atoms with Crippen molar-refractivity contribution in [3.63, 3.8) is 0 Å². The van der Waals surface area contributed by atoms with E-state index in [4.69, 9.17) is 9.84 Å². The number of carbonyl (C=O) groups excluding carboxylic acids is 2. The van der Waals surface area contributed by atoms with Gasteiger partial charge in [-0.25, -0.2) is 9.59 Å². The van der Waals surface area contributed by atoms with Crippen LogP contribution in [0, 0.1) is 0 Å². The second-order valence-electron chi connectivity index (χ2n) is 7.33. The largest absolute Gasteiger partial charge is 0.497 e. The van der Waals surface area contributed by atoms with Gasteiger partial charge in [0.2, 0.25) is 5.91 Å². The molecule has 0 aliphatic carbocycles. The van der Waals surface area contributed by atoms with E-state index in [1.165, 1.54) is 17.8 Å². The van der Waals surface area contributed by atoms with Gasteiger partial charge in [0.1, 0.15) is 5.75 Å². The van der Waals surface area contributed by atoms with Gasteiger partial charge >= 0.3 is 11.9 Å². The van der Waals surface area contributed by atoms with Crippen LogP contribution >= 0.6 is 11.8 Å². The monoisotopic (exact) mass is 494 g/mol. The van der Waals surface area contributed by atoms with Crippen molar-refractivity contribution in [1.82, 2.24) is 0 Å². The van der Waals surface area contributed by atoms with Crippen LogP contribution in [0.2, 0.25) is 0 Å². The predicted octanol–water partition coefficient (Wildman–Crippen LogP) is 4.46. The topological polar surface area (TPSA) is 142 Å². The maximum atomic E-state index is 12.7. The standard InChI is InChI=1S/C25H22N2O7S/c1-14(22(28)26-16-7-9-18(34-2)10-8-16)35-19-5-3-4-17(13-19)27-23(29)20-11-6-15(24(30)31)12-21(20)25(32)33/h3-14H,1-2H3,(H,26,28)(H,27,29)(H,30,31)(H,32,33). The molecule has 1 unspecified atom stereocenters. The number of carbonyl (C=O) groups is 4. The highest BCUT2D eigenvalue weighted by Gasteiger charge is 2.20. The second kappa shape index (κ2) is 11.2. The molecule has 10 heteroatoms. The van der Waals surface area contributed by atoms with Gasteiger partial charge in [0.05, 0.1) is 29.1 Å². The van der Waals surface area contributed by atoms with Gasteiger partial charge in [-0.1, -0.05) is 6.07 Å². The number of ether oxygens (including phenoxy) is 1. The van der Waals surface area contributed by atoms with Crippen LogP contribution < -0.4 is 15.4 Å². The zero-order valence-corrected chi connectivity index (χ0v) is 19.6. The lowest BCUT2D eigenvalue weighted by Crippen LogP contribution is -2.22. The van der Waals surface area contributed by atoms with E-state index in [9.17, 15) is 24.3 Å². The summed E-state index contributed by atoms with van der Waals surface area (Å²) in [5, 5.41) is 23.5. The highest BCUT2D eigenvalue weighted by Crippen LogP contribution is 2.27. The Balaban J connectivity index is 1.68. The van der Waals surface area contributed by atoms with Crippen LogP contribution in [0.4, 0.5) is 11.4 Å². The molecule has 0 aliphatic rings. The molecule has 0 aromatic heterocycles. The maximum Gasteiger partial charge on any atom is 0.336 e. The van der Waals surface area contributed by atoms with Gasteiger partial charge < -0.3 is 25.6 Å². The summed E-state index contributed by atoms with van der Waals surface area (Å²) in [6, 6.07) is 17.0. The number of anilines is 2. The van der Waals surface area contributed by atoms with E-state index in [0.29, 0.717) is 22.0 Å². The Morgan fingerprint density at radius 2 is 1.54 bits per heavy atom. The first-order chi connectivity index (χ1) is 16.7. The summed E-state index contributed by atoms with van der Waals surface area (Å²) in [4.78, 5) is 48.6. The lowest BCUT2D eigenvalue weighted by molar-refractivity contribution is -0.115. The van der Waals surface area contributed by atoms with E-state index in [0.717, 1.165) is 12.1 Å². The Morgan fingerprint density at radius 3 is 2.17 bits per heavy atom. The number of carboxylic acids is 2. The maximum absolute atomic E-state index is 12.7. The van der Waals surface area contributed by atoms with Gasteiger partial charge in [-0.3, -0.25) is 9.59 Å². The van der Waals surface area contributed by atoms with Crippen molar-refractivity contribution in [3.8, 4) is 5.75 Å². The molecule has 0 heterocycles. The highest BCUT2D eigenvalue weighted by molar-refractivity contribution is 8.00. The number of aromatic carboxylic acids is 2. The minimum Gasteiger partial charge on any atom is -0.497 e. The van der Waals surface area contributed by atoms with Crippen molar-refractivity contribution >= 4 is 46.9 Å². The van der Waals surface area contributed by atoms with Crippen LogP contribution in [-0.2, 0) is 4.79 Å².